The number of nitrogens with zero attached hydrogens (tertiary/aromatic N) is 1. The molecule has 1 aromatic carbocycles. The van der Waals surface area contributed by atoms with E-state index in [1.807, 2.05) is 58.0 Å². The molecule has 38 heavy (non-hydrogen) atoms. The van der Waals surface area contributed by atoms with Crippen LogP contribution in [0.2, 0.25) is 0 Å². The molecule has 3 unspecified atom stereocenters. The molecule has 4 rings (SSSR count). The highest BCUT2D eigenvalue weighted by Crippen LogP contribution is 2.65. The number of aliphatic hydroxyl groups is 1. The molecule has 0 radical (unpaired) electrons. The monoisotopic (exact) mass is 527 g/mol. The third-order valence-electron chi connectivity index (χ3n) is 8.63. The molecule has 210 valence electrons. The molecule has 1 spiro atoms. The molecule has 1 aromatic rings. The predicted octanol–water partition coefficient (Wildman–Crippen LogP) is 3.74. The van der Waals surface area contributed by atoms with Crippen molar-refractivity contribution in [3.63, 3.8) is 0 Å². The third-order valence-corrected chi connectivity index (χ3v) is 8.63. The second kappa shape index (κ2) is 9.94. The van der Waals surface area contributed by atoms with Crippen molar-refractivity contribution in [3.8, 4) is 0 Å². The molecule has 3 saturated heterocycles. The summed E-state index contributed by atoms with van der Waals surface area (Å²) in [5.41, 5.74) is -1.79. The largest absolute Gasteiger partial charge is 0.396 e. The average Bonchev–Trinajstić information content (AvgIpc) is 3.29. The molecule has 8 heteroatoms. The Labute approximate surface area is 226 Å². The molecule has 0 saturated carbocycles. The van der Waals surface area contributed by atoms with E-state index in [9.17, 15) is 19.5 Å². The normalized spacial score (nSPS) is 32.4. The Morgan fingerprint density at radius 3 is 2.37 bits per heavy atom. The Hall–Kier alpha value is -2.45. The van der Waals surface area contributed by atoms with Gasteiger partial charge in [0, 0.05) is 24.4 Å². The van der Waals surface area contributed by atoms with Crippen molar-refractivity contribution in [2.45, 2.75) is 96.9 Å². The van der Waals surface area contributed by atoms with Gasteiger partial charge in [0.2, 0.25) is 17.7 Å². The van der Waals surface area contributed by atoms with E-state index in [1.54, 1.807) is 4.90 Å². The number of anilines is 1. The minimum Gasteiger partial charge on any atom is -0.396 e. The first kappa shape index (κ1) is 28.6. The van der Waals surface area contributed by atoms with Crippen molar-refractivity contribution in [1.29, 1.82) is 0 Å². The molecule has 8 nitrogen and oxygen atoms in total. The number of hydrogen-bond acceptors (Lipinski definition) is 5. The van der Waals surface area contributed by atoms with Crippen molar-refractivity contribution < 1.29 is 24.2 Å². The molecule has 3 heterocycles. The summed E-state index contributed by atoms with van der Waals surface area (Å²) in [4.78, 5) is 43.6. The fourth-order valence-electron chi connectivity index (χ4n) is 7.59. The van der Waals surface area contributed by atoms with Crippen LogP contribution in [-0.2, 0) is 19.1 Å². The Balaban J connectivity index is 1.71. The summed E-state index contributed by atoms with van der Waals surface area (Å²) in [6.45, 7) is 14.7. The molecule has 3 N–H and O–H groups in total. The van der Waals surface area contributed by atoms with Crippen LogP contribution >= 0.6 is 0 Å². The van der Waals surface area contributed by atoms with Gasteiger partial charge in [-0.1, -0.05) is 45.9 Å². The number of nitrogens with one attached hydrogen (secondary N) is 2. The number of aliphatic hydroxyl groups excluding tert-OH is 1. The van der Waals surface area contributed by atoms with Crippen molar-refractivity contribution in [1.82, 2.24) is 10.2 Å². The number of likely N-dealkylation sites (tertiary alicyclic amines) is 1. The van der Waals surface area contributed by atoms with Gasteiger partial charge in [-0.25, -0.2) is 0 Å². The van der Waals surface area contributed by atoms with Crippen LogP contribution in [0, 0.1) is 23.2 Å². The van der Waals surface area contributed by atoms with Gasteiger partial charge in [-0.05, 0) is 69.9 Å². The fourth-order valence-corrected chi connectivity index (χ4v) is 7.59. The lowest BCUT2D eigenvalue weighted by Gasteiger charge is -2.38. The summed E-state index contributed by atoms with van der Waals surface area (Å²) in [5, 5.41) is 15.6. The first-order valence-corrected chi connectivity index (χ1v) is 13.9. The lowest BCUT2D eigenvalue weighted by atomic mass is 9.62. The number of carbonyl (C=O) groups is 3. The Morgan fingerprint density at radius 1 is 1.11 bits per heavy atom. The van der Waals surface area contributed by atoms with Gasteiger partial charge in [0.05, 0.1) is 17.4 Å². The molecule has 0 aliphatic carbocycles. The zero-order valence-electron chi connectivity index (χ0n) is 24.0. The molecule has 3 aliphatic heterocycles. The molecule has 2 bridgehead atoms. The number of amides is 3. The van der Waals surface area contributed by atoms with E-state index in [4.69, 9.17) is 4.74 Å². The highest BCUT2D eigenvalue weighted by molar-refractivity contribution is 6.02. The number of carbonyl (C=O) groups excluding carboxylic acids is 3. The lowest BCUT2D eigenvalue weighted by Crippen LogP contribution is -2.59. The average molecular weight is 528 g/mol. The maximum Gasteiger partial charge on any atom is 0.246 e. The van der Waals surface area contributed by atoms with Gasteiger partial charge in [-0.15, -0.1) is 0 Å². The summed E-state index contributed by atoms with van der Waals surface area (Å²) < 4.78 is 6.78. The van der Waals surface area contributed by atoms with E-state index in [1.165, 1.54) is 0 Å². The van der Waals surface area contributed by atoms with Gasteiger partial charge in [0.25, 0.3) is 0 Å². The lowest BCUT2D eigenvalue weighted by molar-refractivity contribution is -0.147. The number of benzene rings is 1. The molecular formula is C30H45N3O5. The van der Waals surface area contributed by atoms with Crippen molar-refractivity contribution in [2.24, 2.45) is 23.2 Å². The van der Waals surface area contributed by atoms with Crippen LogP contribution in [0.5, 0.6) is 0 Å². The SMILES string of the molecule is CC1CC23O[C@@]1(C)[C@H](C(=O)Nc1ccccc1)[C@H]2C(=O)N(CCCCO)C3C(=O)NC(C)(C)CC(C)(C)C. The standard InChI is InChI=1S/C30H45N3O5/c1-19-17-30-22(21(29(19,7)38-30)24(35)31-20-13-9-8-10-14-20)26(37)33(15-11-12-16-34)23(30)25(36)32-28(5,6)18-27(2,3)4/h8-10,13-14,19,21-23,34H,11-12,15-18H2,1-7H3,(H,31,35)(H,32,36)/t19?,21-,22-,23?,29+,30?/m0/s1. The Morgan fingerprint density at radius 2 is 1.76 bits per heavy atom. The number of para-hydroxylation sites is 1. The number of rotatable bonds is 9. The quantitative estimate of drug-likeness (QED) is 0.424. The van der Waals surface area contributed by atoms with E-state index >= 15 is 0 Å². The topological polar surface area (TPSA) is 108 Å². The summed E-state index contributed by atoms with van der Waals surface area (Å²) >= 11 is 0. The maximum atomic E-state index is 14.1. The number of fused-ring (bicyclic) bond motifs is 1. The summed E-state index contributed by atoms with van der Waals surface area (Å²) in [6.07, 6.45) is 2.37. The second-order valence-electron chi connectivity index (χ2n) is 13.6. The van der Waals surface area contributed by atoms with Crippen LogP contribution in [0.25, 0.3) is 0 Å². The molecule has 3 fully saturated rings. The highest BCUT2D eigenvalue weighted by atomic mass is 16.5. The van der Waals surface area contributed by atoms with Crippen LogP contribution in [0.3, 0.4) is 0 Å². The Kier molecular flexibility index (Phi) is 7.47. The molecule has 0 aromatic heterocycles. The zero-order chi connectivity index (χ0) is 28.1. The van der Waals surface area contributed by atoms with Crippen molar-refractivity contribution >= 4 is 23.4 Å². The van der Waals surface area contributed by atoms with Crippen LogP contribution < -0.4 is 10.6 Å². The number of ether oxygens (including phenoxy) is 1. The van der Waals surface area contributed by atoms with Crippen LogP contribution in [0.15, 0.2) is 30.3 Å². The van der Waals surface area contributed by atoms with Gasteiger partial charge in [0.1, 0.15) is 11.6 Å². The first-order chi connectivity index (χ1) is 17.7. The summed E-state index contributed by atoms with van der Waals surface area (Å²) in [6, 6.07) is 8.38. The van der Waals surface area contributed by atoms with E-state index in [0.29, 0.717) is 31.5 Å². The van der Waals surface area contributed by atoms with E-state index in [0.717, 1.165) is 6.42 Å². The second-order valence-corrected chi connectivity index (χ2v) is 13.6. The fraction of sp³-hybridized carbons (Fsp3) is 0.700. The van der Waals surface area contributed by atoms with E-state index in [-0.39, 0.29) is 35.7 Å². The minimum atomic E-state index is -1.08. The van der Waals surface area contributed by atoms with Gasteiger partial charge in [-0.2, -0.15) is 0 Å². The van der Waals surface area contributed by atoms with Crippen LogP contribution in [0.1, 0.15) is 74.1 Å². The van der Waals surface area contributed by atoms with Gasteiger partial charge in [-0.3, -0.25) is 14.4 Å². The predicted molar refractivity (Wildman–Crippen MR) is 146 cm³/mol. The summed E-state index contributed by atoms with van der Waals surface area (Å²) in [7, 11) is 0. The van der Waals surface area contributed by atoms with E-state index in [2.05, 4.69) is 31.4 Å². The highest BCUT2D eigenvalue weighted by Gasteiger charge is 2.79. The van der Waals surface area contributed by atoms with Crippen LogP contribution in [0.4, 0.5) is 5.69 Å². The smallest absolute Gasteiger partial charge is 0.246 e. The van der Waals surface area contributed by atoms with Gasteiger partial charge >= 0.3 is 0 Å². The first-order valence-electron chi connectivity index (χ1n) is 13.9. The van der Waals surface area contributed by atoms with E-state index < -0.39 is 34.6 Å². The Bertz CT molecular complexity index is 1070. The third kappa shape index (κ3) is 4.97. The molecule has 6 atom stereocenters. The molecule has 3 amide bonds. The van der Waals surface area contributed by atoms with Gasteiger partial charge in [0.15, 0.2) is 0 Å². The zero-order valence-corrected chi connectivity index (χ0v) is 24.0. The minimum absolute atomic E-state index is 0.00512. The maximum absolute atomic E-state index is 14.1. The number of hydrogen-bond donors (Lipinski definition) is 3. The number of unbranched alkanes of at least 4 members (excludes halogenated alkanes) is 1. The van der Waals surface area contributed by atoms with Crippen LogP contribution in [-0.4, -0.2) is 63.7 Å². The molecular weight excluding hydrogens is 482 g/mol. The molecule has 3 aliphatic rings. The van der Waals surface area contributed by atoms with Crippen molar-refractivity contribution in [3.05, 3.63) is 30.3 Å². The van der Waals surface area contributed by atoms with Crippen molar-refractivity contribution in [2.75, 3.05) is 18.5 Å². The van der Waals surface area contributed by atoms with Gasteiger partial charge < -0.3 is 25.4 Å². The summed E-state index contributed by atoms with van der Waals surface area (Å²) in [5.74, 6) is -2.19.